The quantitative estimate of drug-likeness (QED) is 0.912. The number of benzene rings is 1. The molecule has 0 bridgehead atoms. The smallest absolute Gasteiger partial charge is 0.308 e. The number of carboxylic acid groups (broad SMARTS) is 1. The molecule has 7 heteroatoms. The van der Waals surface area contributed by atoms with Crippen LogP contribution in [0.25, 0.3) is 11.3 Å². The predicted octanol–water partition coefficient (Wildman–Crippen LogP) is 1.98. The van der Waals surface area contributed by atoms with Gasteiger partial charge in [0.05, 0.1) is 12.1 Å². The first-order chi connectivity index (χ1) is 9.35. The second-order valence-corrected chi connectivity index (χ2v) is 7.69. The Hall–Kier alpha value is -1.73. The Kier molecular flexibility index (Phi) is 4.20. The number of carbonyl (C=O) groups is 1. The van der Waals surface area contributed by atoms with Gasteiger partial charge in [-0.3, -0.25) is 4.79 Å². The molecule has 1 heterocycles. The lowest BCUT2D eigenvalue weighted by molar-refractivity contribution is -0.136. The number of aromatic nitrogens is 1. The summed E-state index contributed by atoms with van der Waals surface area (Å²) in [5.74, 6) is -1.13. The molecule has 0 unspecified atom stereocenters. The fourth-order valence-electron chi connectivity index (χ4n) is 1.77. The van der Waals surface area contributed by atoms with E-state index < -0.39 is 15.8 Å². The van der Waals surface area contributed by atoms with Crippen molar-refractivity contribution in [2.75, 3.05) is 6.26 Å². The van der Waals surface area contributed by atoms with Crippen LogP contribution in [0.3, 0.4) is 0 Å². The van der Waals surface area contributed by atoms with Crippen LogP contribution in [0, 0.1) is 0 Å². The molecule has 0 saturated carbocycles. The van der Waals surface area contributed by atoms with Crippen LogP contribution in [0.2, 0.25) is 0 Å². The third kappa shape index (κ3) is 3.88. The van der Waals surface area contributed by atoms with Crippen LogP contribution < -0.4 is 0 Å². The number of sulfone groups is 1. The molecule has 1 N–H and O–H groups in total. The molecule has 0 radical (unpaired) electrons. The molecule has 5 nitrogen and oxygen atoms in total. The summed E-state index contributed by atoms with van der Waals surface area (Å²) < 4.78 is 22.7. The Morgan fingerprint density at radius 1 is 1.30 bits per heavy atom. The highest BCUT2D eigenvalue weighted by Crippen LogP contribution is 2.29. The summed E-state index contributed by atoms with van der Waals surface area (Å²) in [5, 5.41) is 9.36. The van der Waals surface area contributed by atoms with Crippen LogP contribution in [0.1, 0.15) is 9.88 Å². The van der Waals surface area contributed by atoms with Crippen molar-refractivity contribution in [2.45, 2.75) is 12.2 Å². The van der Waals surface area contributed by atoms with Gasteiger partial charge in [0, 0.05) is 16.7 Å². The minimum Gasteiger partial charge on any atom is -0.481 e. The van der Waals surface area contributed by atoms with Crippen LogP contribution in [0.15, 0.2) is 30.3 Å². The van der Waals surface area contributed by atoms with E-state index in [2.05, 4.69) is 4.98 Å². The first kappa shape index (κ1) is 14.7. The average Bonchev–Trinajstić information content (AvgIpc) is 2.69. The average molecular weight is 311 g/mol. The van der Waals surface area contributed by atoms with Crippen LogP contribution in [0.5, 0.6) is 0 Å². The van der Waals surface area contributed by atoms with Crippen LogP contribution in [-0.4, -0.2) is 30.7 Å². The zero-order valence-corrected chi connectivity index (χ0v) is 12.4. The second-order valence-electron chi connectivity index (χ2n) is 4.39. The van der Waals surface area contributed by atoms with Gasteiger partial charge < -0.3 is 5.11 Å². The summed E-state index contributed by atoms with van der Waals surface area (Å²) in [4.78, 5) is 15.8. The predicted molar refractivity (Wildman–Crippen MR) is 77.4 cm³/mol. The highest BCUT2D eigenvalue weighted by molar-refractivity contribution is 7.90. The minimum absolute atomic E-state index is 0.161. The Labute approximate surface area is 120 Å². The fourth-order valence-corrected chi connectivity index (χ4v) is 4.03. The highest BCUT2D eigenvalue weighted by atomic mass is 32.2. The van der Waals surface area contributed by atoms with Crippen molar-refractivity contribution in [3.63, 3.8) is 0 Å². The van der Waals surface area contributed by atoms with Gasteiger partial charge in [0.2, 0.25) is 0 Å². The topological polar surface area (TPSA) is 84.3 Å². The van der Waals surface area contributed by atoms with E-state index in [4.69, 9.17) is 5.11 Å². The van der Waals surface area contributed by atoms with Gasteiger partial charge in [0.25, 0.3) is 0 Å². The Bertz CT molecular complexity index is 720. The first-order valence-electron chi connectivity index (χ1n) is 5.78. The molecule has 20 heavy (non-hydrogen) atoms. The van der Waals surface area contributed by atoms with E-state index in [1.54, 1.807) is 0 Å². The van der Waals surface area contributed by atoms with Gasteiger partial charge in [-0.2, -0.15) is 0 Å². The maximum atomic E-state index is 11.3. The van der Waals surface area contributed by atoms with Gasteiger partial charge >= 0.3 is 5.97 Å². The third-order valence-electron chi connectivity index (χ3n) is 2.49. The molecule has 0 aliphatic carbocycles. The number of aliphatic carboxylic acids is 1. The minimum atomic E-state index is -3.19. The van der Waals surface area contributed by atoms with Crippen LogP contribution in [0.4, 0.5) is 0 Å². The SMILES string of the molecule is CS(=O)(=O)Cc1nc(-c2ccccc2)c(CC(=O)O)s1. The van der Waals surface area contributed by atoms with E-state index >= 15 is 0 Å². The van der Waals surface area contributed by atoms with E-state index in [-0.39, 0.29) is 12.2 Å². The largest absolute Gasteiger partial charge is 0.481 e. The number of thiazole rings is 1. The zero-order valence-electron chi connectivity index (χ0n) is 10.7. The van der Waals surface area contributed by atoms with Crippen molar-refractivity contribution in [3.8, 4) is 11.3 Å². The molecule has 0 aliphatic rings. The van der Waals surface area contributed by atoms with Gasteiger partial charge in [-0.15, -0.1) is 11.3 Å². The molecular weight excluding hydrogens is 298 g/mol. The summed E-state index contributed by atoms with van der Waals surface area (Å²) in [6.07, 6.45) is 0.971. The fraction of sp³-hybridized carbons (Fsp3) is 0.231. The molecule has 0 spiro atoms. The van der Waals surface area contributed by atoms with Crippen molar-refractivity contribution in [1.29, 1.82) is 0 Å². The summed E-state index contributed by atoms with van der Waals surface area (Å²) in [5.41, 5.74) is 1.34. The molecule has 106 valence electrons. The molecule has 0 amide bonds. The third-order valence-corrected chi connectivity index (χ3v) is 4.52. The Morgan fingerprint density at radius 2 is 1.95 bits per heavy atom. The monoisotopic (exact) mass is 311 g/mol. The maximum absolute atomic E-state index is 11.3. The zero-order chi connectivity index (χ0) is 14.8. The van der Waals surface area contributed by atoms with Crippen molar-refractivity contribution >= 4 is 27.1 Å². The van der Waals surface area contributed by atoms with E-state index in [1.807, 2.05) is 30.3 Å². The van der Waals surface area contributed by atoms with Gasteiger partial charge in [0.15, 0.2) is 9.84 Å². The lowest BCUT2D eigenvalue weighted by atomic mass is 10.1. The molecule has 2 rings (SSSR count). The molecule has 0 fully saturated rings. The Morgan fingerprint density at radius 3 is 2.50 bits per heavy atom. The van der Waals surface area contributed by atoms with Crippen LogP contribution >= 0.6 is 11.3 Å². The molecule has 1 aromatic heterocycles. The van der Waals surface area contributed by atoms with E-state index in [1.165, 1.54) is 0 Å². The van der Waals surface area contributed by atoms with Gasteiger partial charge in [0.1, 0.15) is 10.8 Å². The summed E-state index contributed by atoms with van der Waals surface area (Å²) >= 11 is 1.14. The van der Waals surface area contributed by atoms with Crippen molar-refractivity contribution in [1.82, 2.24) is 4.98 Å². The van der Waals surface area contributed by atoms with Gasteiger partial charge in [-0.25, -0.2) is 13.4 Å². The van der Waals surface area contributed by atoms with Gasteiger partial charge in [-0.1, -0.05) is 30.3 Å². The molecule has 2 aromatic rings. The summed E-state index contributed by atoms with van der Waals surface area (Å²) in [6, 6.07) is 9.16. The molecule has 1 aromatic carbocycles. The molecule has 0 aliphatic heterocycles. The number of carboxylic acids is 1. The van der Waals surface area contributed by atoms with Crippen LogP contribution in [-0.2, 0) is 26.8 Å². The number of hydrogen-bond donors (Lipinski definition) is 1. The van der Waals surface area contributed by atoms with E-state index in [0.29, 0.717) is 15.6 Å². The first-order valence-corrected chi connectivity index (χ1v) is 8.66. The lowest BCUT2D eigenvalue weighted by Gasteiger charge is -1.99. The normalized spacial score (nSPS) is 11.4. The molecule has 0 atom stereocenters. The molecule has 0 saturated heterocycles. The number of hydrogen-bond acceptors (Lipinski definition) is 5. The number of rotatable bonds is 5. The Balaban J connectivity index is 2.45. The lowest BCUT2D eigenvalue weighted by Crippen LogP contribution is -1.99. The van der Waals surface area contributed by atoms with Crippen molar-refractivity contribution in [2.24, 2.45) is 0 Å². The van der Waals surface area contributed by atoms with E-state index in [0.717, 1.165) is 23.2 Å². The van der Waals surface area contributed by atoms with Crippen molar-refractivity contribution in [3.05, 3.63) is 40.2 Å². The summed E-state index contributed by atoms with van der Waals surface area (Å²) in [7, 11) is -3.19. The van der Waals surface area contributed by atoms with Gasteiger partial charge in [-0.05, 0) is 0 Å². The summed E-state index contributed by atoms with van der Waals surface area (Å²) in [6.45, 7) is 0. The van der Waals surface area contributed by atoms with Crippen molar-refractivity contribution < 1.29 is 18.3 Å². The molecular formula is C13H13NO4S2. The second kappa shape index (κ2) is 5.72. The number of nitrogens with zero attached hydrogens (tertiary/aromatic N) is 1. The maximum Gasteiger partial charge on any atom is 0.308 e. The van der Waals surface area contributed by atoms with E-state index in [9.17, 15) is 13.2 Å². The highest BCUT2D eigenvalue weighted by Gasteiger charge is 2.17. The standard InChI is InChI=1S/C13H13NO4S2/c1-20(17,18)8-11-14-13(9-5-3-2-4-6-9)10(19-11)7-12(15)16/h2-6H,7-8H2,1H3,(H,15,16).